The number of nitrogens with zero attached hydrogens (tertiary/aromatic N) is 1. The molecule has 0 aromatic carbocycles. The van der Waals surface area contributed by atoms with Gasteiger partial charge < -0.3 is 20.3 Å². The average Bonchev–Trinajstić information content (AvgIpc) is 2.53. The Morgan fingerprint density at radius 1 is 1.21 bits per heavy atom. The molecule has 1 aliphatic heterocycles. The second kappa shape index (κ2) is 9.88. The molecule has 24 heavy (non-hydrogen) atoms. The number of carbonyl (C=O) groups excluding carboxylic acids is 1. The molecule has 2 unspecified atom stereocenters. The molecular weight excluding hydrogens is 322 g/mol. The maximum Gasteiger partial charge on any atom is 0.407 e. The van der Waals surface area contributed by atoms with Gasteiger partial charge in [-0.1, -0.05) is 12.8 Å². The second-order valence-electron chi connectivity index (χ2n) is 7.94. The van der Waals surface area contributed by atoms with E-state index in [0.29, 0.717) is 18.5 Å². The number of hydrogen-bond acceptors (Lipinski definition) is 5. The van der Waals surface area contributed by atoms with Gasteiger partial charge in [0, 0.05) is 50.3 Å². The maximum atomic E-state index is 11.9. The van der Waals surface area contributed by atoms with Crippen LogP contribution in [0, 0.1) is 5.92 Å². The van der Waals surface area contributed by atoms with E-state index in [0.717, 1.165) is 13.1 Å². The Morgan fingerprint density at radius 2 is 1.92 bits per heavy atom. The molecule has 1 heterocycles. The third kappa shape index (κ3) is 7.62. The maximum absolute atomic E-state index is 11.9. The van der Waals surface area contributed by atoms with Gasteiger partial charge >= 0.3 is 6.09 Å². The monoisotopic (exact) mass is 357 g/mol. The van der Waals surface area contributed by atoms with E-state index in [1.807, 2.05) is 20.8 Å². The minimum atomic E-state index is -0.430. The van der Waals surface area contributed by atoms with Crippen molar-refractivity contribution in [3.05, 3.63) is 0 Å². The first-order valence-corrected chi connectivity index (χ1v) is 10.6. The molecule has 0 radical (unpaired) electrons. The smallest absolute Gasteiger partial charge is 0.407 e. The number of thioether (sulfide) groups is 1. The molecule has 0 spiro atoms. The Kier molecular flexibility index (Phi) is 8.17. The molecule has 0 aromatic heterocycles. The number of ether oxygens (including phenoxy) is 1. The summed E-state index contributed by atoms with van der Waals surface area (Å²) in [6.45, 7) is 11.1. The highest BCUT2D eigenvalue weighted by molar-refractivity contribution is 7.99. The molecule has 0 aromatic rings. The number of amides is 1. The standard InChI is InChI=1S/C18H35N3O2S/c1-18(2,3)23-17(22)20-14-15-6-4-5-7-16(15)19-8-9-21-10-12-24-13-11-21/h15-16,19H,4-14H2,1-3H3,(H,20,22). The topological polar surface area (TPSA) is 53.6 Å². The van der Waals surface area contributed by atoms with Gasteiger partial charge in [-0.2, -0.15) is 11.8 Å². The van der Waals surface area contributed by atoms with E-state index in [1.165, 1.54) is 50.3 Å². The van der Waals surface area contributed by atoms with Crippen molar-refractivity contribution in [1.82, 2.24) is 15.5 Å². The summed E-state index contributed by atoms with van der Waals surface area (Å²) in [6, 6.07) is 0.521. The summed E-state index contributed by atoms with van der Waals surface area (Å²) in [4.78, 5) is 14.4. The van der Waals surface area contributed by atoms with Crippen LogP contribution in [-0.2, 0) is 4.74 Å². The molecule has 2 atom stereocenters. The minimum Gasteiger partial charge on any atom is -0.444 e. The van der Waals surface area contributed by atoms with Crippen molar-refractivity contribution in [3.63, 3.8) is 0 Å². The van der Waals surface area contributed by atoms with Crippen molar-refractivity contribution < 1.29 is 9.53 Å². The van der Waals surface area contributed by atoms with E-state index in [1.54, 1.807) is 0 Å². The molecule has 1 saturated heterocycles. The summed E-state index contributed by atoms with van der Waals surface area (Å²) in [7, 11) is 0. The summed E-state index contributed by atoms with van der Waals surface area (Å²) in [6.07, 6.45) is 4.67. The summed E-state index contributed by atoms with van der Waals surface area (Å²) in [5.41, 5.74) is -0.430. The molecule has 1 saturated carbocycles. The van der Waals surface area contributed by atoms with E-state index < -0.39 is 5.60 Å². The molecule has 2 N–H and O–H groups in total. The van der Waals surface area contributed by atoms with Crippen molar-refractivity contribution in [2.24, 2.45) is 5.92 Å². The van der Waals surface area contributed by atoms with Crippen LogP contribution in [0.1, 0.15) is 46.5 Å². The normalized spacial score (nSPS) is 26.1. The second-order valence-corrected chi connectivity index (χ2v) is 9.17. The zero-order chi connectivity index (χ0) is 17.4. The fourth-order valence-electron chi connectivity index (χ4n) is 3.48. The Hall–Kier alpha value is -0.460. The molecule has 5 nitrogen and oxygen atoms in total. The molecule has 1 amide bonds. The van der Waals surface area contributed by atoms with Gasteiger partial charge in [-0.3, -0.25) is 0 Å². The molecule has 2 aliphatic rings. The first-order chi connectivity index (χ1) is 11.4. The van der Waals surface area contributed by atoms with Crippen LogP contribution in [0.25, 0.3) is 0 Å². The molecule has 140 valence electrons. The van der Waals surface area contributed by atoms with Gasteiger partial charge in [-0.05, 0) is 39.5 Å². The van der Waals surface area contributed by atoms with Crippen LogP contribution in [0.3, 0.4) is 0 Å². The van der Waals surface area contributed by atoms with E-state index in [-0.39, 0.29) is 6.09 Å². The molecule has 6 heteroatoms. The zero-order valence-electron chi connectivity index (χ0n) is 15.6. The van der Waals surface area contributed by atoms with E-state index >= 15 is 0 Å². The number of rotatable bonds is 6. The van der Waals surface area contributed by atoms with Crippen LogP contribution >= 0.6 is 11.8 Å². The van der Waals surface area contributed by atoms with Gasteiger partial charge in [-0.25, -0.2) is 4.79 Å². The van der Waals surface area contributed by atoms with Crippen molar-refractivity contribution >= 4 is 17.9 Å². The highest BCUT2D eigenvalue weighted by Crippen LogP contribution is 2.24. The lowest BCUT2D eigenvalue weighted by atomic mass is 9.84. The van der Waals surface area contributed by atoms with Gasteiger partial charge in [0.05, 0.1) is 0 Å². The van der Waals surface area contributed by atoms with E-state index in [9.17, 15) is 4.79 Å². The quantitative estimate of drug-likeness (QED) is 0.765. The zero-order valence-corrected chi connectivity index (χ0v) is 16.4. The molecule has 0 bridgehead atoms. The number of hydrogen-bond donors (Lipinski definition) is 2. The summed E-state index contributed by atoms with van der Waals surface area (Å²) in [5, 5.41) is 6.71. The lowest BCUT2D eigenvalue weighted by molar-refractivity contribution is 0.0510. The van der Waals surface area contributed by atoms with E-state index in [4.69, 9.17) is 4.74 Å². The van der Waals surface area contributed by atoms with Crippen LogP contribution in [0.15, 0.2) is 0 Å². The van der Waals surface area contributed by atoms with Crippen molar-refractivity contribution in [1.29, 1.82) is 0 Å². The van der Waals surface area contributed by atoms with Crippen molar-refractivity contribution in [2.45, 2.75) is 58.1 Å². The summed E-state index contributed by atoms with van der Waals surface area (Å²) >= 11 is 2.06. The number of nitrogens with one attached hydrogen (secondary N) is 2. The number of alkyl carbamates (subject to hydrolysis) is 1. The van der Waals surface area contributed by atoms with Gasteiger partial charge in [0.25, 0.3) is 0 Å². The van der Waals surface area contributed by atoms with Crippen LogP contribution in [0.2, 0.25) is 0 Å². The molecule has 1 aliphatic carbocycles. The minimum absolute atomic E-state index is 0.294. The Bertz CT molecular complexity index is 381. The highest BCUT2D eigenvalue weighted by atomic mass is 32.2. The third-order valence-electron chi connectivity index (χ3n) is 4.75. The first-order valence-electron chi connectivity index (χ1n) is 9.44. The predicted octanol–water partition coefficient (Wildman–Crippen LogP) is 2.71. The highest BCUT2D eigenvalue weighted by Gasteiger charge is 2.26. The fraction of sp³-hybridized carbons (Fsp3) is 0.944. The lowest BCUT2D eigenvalue weighted by Crippen LogP contribution is -2.47. The van der Waals surface area contributed by atoms with Gasteiger partial charge in [0.1, 0.15) is 5.60 Å². The first kappa shape index (κ1) is 19.9. The van der Waals surface area contributed by atoms with Crippen LogP contribution in [-0.4, -0.2) is 66.9 Å². The van der Waals surface area contributed by atoms with Gasteiger partial charge in [0.2, 0.25) is 0 Å². The largest absolute Gasteiger partial charge is 0.444 e. The number of carbonyl (C=O) groups is 1. The average molecular weight is 358 g/mol. The van der Waals surface area contributed by atoms with E-state index in [2.05, 4.69) is 27.3 Å². The van der Waals surface area contributed by atoms with Gasteiger partial charge in [-0.15, -0.1) is 0 Å². The lowest BCUT2D eigenvalue weighted by Gasteiger charge is -2.34. The Labute approximate surface area is 151 Å². The van der Waals surface area contributed by atoms with Gasteiger partial charge in [0.15, 0.2) is 0 Å². The SMILES string of the molecule is CC(C)(C)OC(=O)NCC1CCCCC1NCCN1CCSCC1. The predicted molar refractivity (Wildman–Crippen MR) is 102 cm³/mol. The van der Waals surface area contributed by atoms with Crippen LogP contribution in [0.4, 0.5) is 4.79 Å². The summed E-state index contributed by atoms with van der Waals surface area (Å²) in [5.74, 6) is 3.06. The van der Waals surface area contributed by atoms with Crippen LogP contribution < -0.4 is 10.6 Å². The summed E-state index contributed by atoms with van der Waals surface area (Å²) < 4.78 is 5.35. The fourth-order valence-corrected chi connectivity index (χ4v) is 4.46. The molecular formula is C18H35N3O2S. The molecule has 2 fully saturated rings. The Morgan fingerprint density at radius 3 is 2.62 bits per heavy atom. The van der Waals surface area contributed by atoms with Crippen LogP contribution in [0.5, 0.6) is 0 Å². The van der Waals surface area contributed by atoms with Crippen molar-refractivity contribution in [3.8, 4) is 0 Å². The Balaban J connectivity index is 1.68. The third-order valence-corrected chi connectivity index (χ3v) is 5.70. The van der Waals surface area contributed by atoms with Crippen molar-refractivity contribution in [2.75, 3.05) is 44.2 Å². The molecule has 2 rings (SSSR count).